The lowest BCUT2D eigenvalue weighted by atomic mass is 9.83. The van der Waals surface area contributed by atoms with Crippen molar-refractivity contribution in [1.82, 2.24) is 5.32 Å². The van der Waals surface area contributed by atoms with Crippen LogP contribution in [0.15, 0.2) is 150 Å². The number of thioether (sulfide) groups is 1. The SMILES string of the molecule is CCOC(=O)c1c(NC(=O)C(CC)Sc2cccc(NC(=O)/C(=C\c3ccc(-c4ccccc4)cc3)NC(=O)c3ccccc3)c2)sc2c1CCC(c1ccccc1)C2. The molecular formula is C49H45N3O5S2. The molecule has 59 heavy (non-hydrogen) atoms. The van der Waals surface area contributed by atoms with Gasteiger partial charge in [0, 0.05) is 21.0 Å². The maximum absolute atomic E-state index is 13.9. The Balaban J connectivity index is 1.07. The van der Waals surface area contributed by atoms with Crippen molar-refractivity contribution in [2.75, 3.05) is 17.2 Å². The number of hydrogen-bond donors (Lipinski definition) is 3. The van der Waals surface area contributed by atoms with Crippen LogP contribution in [0, 0.1) is 0 Å². The van der Waals surface area contributed by atoms with Crippen molar-refractivity contribution in [1.29, 1.82) is 0 Å². The second-order valence-corrected chi connectivity index (χ2v) is 16.5. The zero-order valence-corrected chi connectivity index (χ0v) is 34.5. The lowest BCUT2D eigenvalue weighted by Crippen LogP contribution is -2.30. The van der Waals surface area contributed by atoms with Gasteiger partial charge in [0.15, 0.2) is 0 Å². The van der Waals surface area contributed by atoms with Crippen LogP contribution in [-0.2, 0) is 27.2 Å². The number of benzene rings is 5. The van der Waals surface area contributed by atoms with Crippen LogP contribution in [0.1, 0.15) is 74.9 Å². The average Bonchev–Trinajstić information content (AvgIpc) is 3.63. The summed E-state index contributed by atoms with van der Waals surface area (Å²) in [7, 11) is 0. The second-order valence-electron chi connectivity index (χ2n) is 14.1. The normalized spacial score (nSPS) is 14.1. The van der Waals surface area contributed by atoms with Gasteiger partial charge in [-0.15, -0.1) is 23.1 Å². The van der Waals surface area contributed by atoms with Gasteiger partial charge < -0.3 is 20.7 Å². The van der Waals surface area contributed by atoms with Crippen LogP contribution in [0.3, 0.4) is 0 Å². The molecule has 10 heteroatoms. The number of carbonyl (C=O) groups excluding carboxylic acids is 4. The Bertz CT molecular complexity index is 2450. The van der Waals surface area contributed by atoms with E-state index in [0.29, 0.717) is 34.2 Å². The van der Waals surface area contributed by atoms with Crippen molar-refractivity contribution in [3.8, 4) is 11.1 Å². The minimum atomic E-state index is -0.504. The smallest absolute Gasteiger partial charge is 0.341 e. The first-order valence-corrected chi connectivity index (χ1v) is 21.5. The molecule has 0 saturated heterocycles. The van der Waals surface area contributed by atoms with Crippen LogP contribution in [0.5, 0.6) is 0 Å². The van der Waals surface area contributed by atoms with E-state index in [9.17, 15) is 19.2 Å². The minimum Gasteiger partial charge on any atom is -0.462 e. The van der Waals surface area contributed by atoms with Gasteiger partial charge >= 0.3 is 5.97 Å². The zero-order chi connectivity index (χ0) is 41.1. The Labute approximate surface area is 353 Å². The molecule has 1 aromatic heterocycles. The number of amides is 3. The molecule has 3 amide bonds. The van der Waals surface area contributed by atoms with Crippen molar-refractivity contribution < 1.29 is 23.9 Å². The number of nitrogens with one attached hydrogen (secondary N) is 3. The lowest BCUT2D eigenvalue weighted by Gasteiger charge is -2.23. The molecule has 2 unspecified atom stereocenters. The predicted molar refractivity (Wildman–Crippen MR) is 239 cm³/mol. The van der Waals surface area contributed by atoms with Gasteiger partial charge in [-0.1, -0.05) is 116 Å². The van der Waals surface area contributed by atoms with Crippen molar-refractivity contribution >= 4 is 63.6 Å². The summed E-state index contributed by atoms with van der Waals surface area (Å²) in [5.41, 5.74) is 6.53. The molecule has 1 heterocycles. The number of anilines is 2. The molecule has 298 valence electrons. The summed E-state index contributed by atoms with van der Waals surface area (Å²) in [6.07, 6.45) is 4.60. The van der Waals surface area contributed by atoms with Gasteiger partial charge in [-0.05, 0) is 103 Å². The van der Waals surface area contributed by atoms with E-state index in [2.05, 4.69) is 40.2 Å². The molecule has 0 aliphatic heterocycles. The highest BCUT2D eigenvalue weighted by Crippen LogP contribution is 2.43. The molecule has 0 bridgehead atoms. The van der Waals surface area contributed by atoms with E-state index >= 15 is 0 Å². The summed E-state index contributed by atoms with van der Waals surface area (Å²) in [5, 5.41) is 8.89. The van der Waals surface area contributed by atoms with Gasteiger partial charge in [-0.25, -0.2) is 4.79 Å². The summed E-state index contributed by atoms with van der Waals surface area (Å²) in [6, 6.07) is 44.2. The number of thiophene rings is 1. The highest BCUT2D eigenvalue weighted by atomic mass is 32.2. The Hall–Kier alpha value is -6.23. The van der Waals surface area contributed by atoms with Crippen molar-refractivity contribution in [3.05, 3.63) is 178 Å². The molecule has 0 spiro atoms. The molecule has 0 saturated carbocycles. The summed E-state index contributed by atoms with van der Waals surface area (Å²) in [5.74, 6) is -1.22. The second kappa shape index (κ2) is 19.5. The fraction of sp³-hybridized carbons (Fsp3) is 0.184. The molecular weight excluding hydrogens is 775 g/mol. The van der Waals surface area contributed by atoms with Crippen LogP contribution in [0.2, 0.25) is 0 Å². The lowest BCUT2D eigenvalue weighted by molar-refractivity contribution is -0.116. The topological polar surface area (TPSA) is 114 Å². The van der Waals surface area contributed by atoms with E-state index in [1.165, 1.54) is 28.7 Å². The molecule has 7 rings (SSSR count). The van der Waals surface area contributed by atoms with Crippen LogP contribution in [0.4, 0.5) is 10.7 Å². The first kappa shape index (κ1) is 40.9. The minimum absolute atomic E-state index is 0.0707. The highest BCUT2D eigenvalue weighted by Gasteiger charge is 2.32. The van der Waals surface area contributed by atoms with Gasteiger partial charge in [-0.3, -0.25) is 14.4 Å². The molecule has 0 fully saturated rings. The van der Waals surface area contributed by atoms with Crippen LogP contribution in [0.25, 0.3) is 17.2 Å². The van der Waals surface area contributed by atoms with E-state index in [1.54, 1.807) is 49.4 Å². The van der Waals surface area contributed by atoms with Gasteiger partial charge in [-0.2, -0.15) is 0 Å². The third kappa shape index (κ3) is 10.3. The van der Waals surface area contributed by atoms with Crippen molar-refractivity contribution in [2.45, 2.75) is 55.6 Å². The van der Waals surface area contributed by atoms with Crippen LogP contribution < -0.4 is 16.0 Å². The largest absolute Gasteiger partial charge is 0.462 e. The quantitative estimate of drug-likeness (QED) is 0.0573. The standard InChI is InChI=1S/C49H45N3O5S2/c1-3-42(47(55)52-48-44(49(56)57-4-2)40-28-27-37(30-43(40)59-48)34-17-10-6-11-18-34)58-39-22-14-21-38(31-39)50-46(54)41(51-45(53)36-19-12-7-13-20-36)29-32-23-25-35(26-24-32)33-15-8-5-9-16-33/h5-26,29,31,37,42H,3-4,27-28,30H2,1-2H3,(H,50,54)(H,51,53)(H,52,55)/b41-29+. The number of fused-ring (bicyclic) bond motifs is 1. The summed E-state index contributed by atoms with van der Waals surface area (Å²) in [6.45, 7) is 3.96. The Morgan fingerprint density at radius 1 is 0.797 bits per heavy atom. The third-order valence-electron chi connectivity index (χ3n) is 10.1. The van der Waals surface area contributed by atoms with E-state index in [-0.39, 0.29) is 18.2 Å². The maximum atomic E-state index is 13.9. The molecule has 0 radical (unpaired) electrons. The van der Waals surface area contributed by atoms with Crippen LogP contribution in [-0.4, -0.2) is 35.5 Å². The molecule has 2 atom stereocenters. The monoisotopic (exact) mass is 819 g/mol. The number of hydrogen-bond acceptors (Lipinski definition) is 7. The average molecular weight is 820 g/mol. The third-order valence-corrected chi connectivity index (χ3v) is 12.7. The van der Waals surface area contributed by atoms with E-state index in [0.717, 1.165) is 51.3 Å². The molecule has 3 N–H and O–H groups in total. The Morgan fingerprint density at radius 3 is 2.17 bits per heavy atom. The fourth-order valence-corrected chi connectivity index (χ4v) is 9.47. The van der Waals surface area contributed by atoms with Crippen LogP contribution >= 0.6 is 23.1 Å². The first-order chi connectivity index (χ1) is 28.8. The molecule has 5 aromatic carbocycles. The molecule has 1 aliphatic rings. The molecule has 8 nitrogen and oxygen atoms in total. The molecule has 1 aliphatic carbocycles. The van der Waals surface area contributed by atoms with E-state index < -0.39 is 23.0 Å². The van der Waals surface area contributed by atoms with Gasteiger partial charge in [0.25, 0.3) is 11.8 Å². The predicted octanol–water partition coefficient (Wildman–Crippen LogP) is 10.8. The summed E-state index contributed by atoms with van der Waals surface area (Å²) < 4.78 is 5.48. The van der Waals surface area contributed by atoms with Crippen molar-refractivity contribution in [3.63, 3.8) is 0 Å². The first-order valence-electron chi connectivity index (χ1n) is 19.8. The summed E-state index contributed by atoms with van der Waals surface area (Å²) >= 11 is 2.84. The zero-order valence-electron chi connectivity index (χ0n) is 32.9. The molecule has 6 aromatic rings. The van der Waals surface area contributed by atoms with Crippen molar-refractivity contribution in [2.24, 2.45) is 0 Å². The van der Waals surface area contributed by atoms with E-state index in [4.69, 9.17) is 4.74 Å². The fourth-order valence-electron chi connectivity index (χ4n) is 7.14. The number of esters is 1. The summed E-state index contributed by atoms with van der Waals surface area (Å²) in [4.78, 5) is 56.3. The van der Waals surface area contributed by atoms with Gasteiger partial charge in [0.05, 0.1) is 17.4 Å². The van der Waals surface area contributed by atoms with Gasteiger partial charge in [0.1, 0.15) is 10.7 Å². The number of rotatable bonds is 14. The van der Waals surface area contributed by atoms with Gasteiger partial charge in [0.2, 0.25) is 5.91 Å². The Kier molecular flexibility index (Phi) is 13.5. The van der Waals surface area contributed by atoms with E-state index in [1.807, 2.05) is 85.8 Å². The Morgan fingerprint density at radius 2 is 1.47 bits per heavy atom. The maximum Gasteiger partial charge on any atom is 0.341 e. The highest BCUT2D eigenvalue weighted by molar-refractivity contribution is 8.00. The number of carbonyl (C=O) groups is 4. The number of ether oxygens (including phenoxy) is 1.